The first-order valence-corrected chi connectivity index (χ1v) is 7.64. The van der Waals surface area contributed by atoms with Crippen LogP contribution in [0.15, 0.2) is 35.4 Å². The molecule has 19 heavy (non-hydrogen) atoms. The van der Waals surface area contributed by atoms with E-state index >= 15 is 0 Å². The minimum atomic E-state index is 0.482. The number of hydrogen-bond donors (Lipinski definition) is 2. The van der Waals surface area contributed by atoms with Crippen LogP contribution in [0.25, 0.3) is 0 Å². The summed E-state index contributed by atoms with van der Waals surface area (Å²) in [6.45, 7) is 5.09. The Balaban J connectivity index is 1.84. The van der Waals surface area contributed by atoms with Crippen LogP contribution in [-0.4, -0.2) is 16.0 Å². The minimum Gasteiger partial charge on any atom is -0.344 e. The fourth-order valence-electron chi connectivity index (χ4n) is 1.57. The van der Waals surface area contributed by atoms with Gasteiger partial charge in [-0.1, -0.05) is 25.4 Å². The van der Waals surface area contributed by atoms with Gasteiger partial charge in [0.2, 0.25) is 0 Å². The van der Waals surface area contributed by atoms with E-state index in [4.69, 9.17) is 11.6 Å². The summed E-state index contributed by atoms with van der Waals surface area (Å²) in [5.74, 6) is 1.84. The van der Waals surface area contributed by atoms with Gasteiger partial charge in [0.05, 0.1) is 5.75 Å². The van der Waals surface area contributed by atoms with Crippen molar-refractivity contribution in [1.82, 2.24) is 15.3 Å². The summed E-state index contributed by atoms with van der Waals surface area (Å²) in [7, 11) is 0. The molecule has 0 aliphatic heterocycles. The number of nitrogens with one attached hydrogen (secondary N) is 2. The molecule has 0 aliphatic carbocycles. The van der Waals surface area contributed by atoms with Crippen molar-refractivity contribution in [3.63, 3.8) is 0 Å². The predicted octanol–water partition coefficient (Wildman–Crippen LogP) is 3.85. The van der Waals surface area contributed by atoms with Gasteiger partial charge >= 0.3 is 0 Å². The lowest BCUT2D eigenvalue weighted by atomic mass is 10.4. The molecule has 0 aliphatic rings. The highest BCUT2D eigenvalue weighted by molar-refractivity contribution is 7.98. The Morgan fingerprint density at radius 3 is 2.74 bits per heavy atom. The maximum atomic E-state index is 5.86. The minimum absolute atomic E-state index is 0.482. The molecule has 1 heterocycles. The largest absolute Gasteiger partial charge is 0.344 e. The average Bonchev–Trinajstić information content (AvgIpc) is 2.84. The first kappa shape index (κ1) is 14.4. The number of rotatable bonds is 6. The molecule has 0 unspecified atom stereocenters. The smallest absolute Gasteiger partial charge is 0.116 e. The molecule has 2 N–H and O–H groups in total. The van der Waals surface area contributed by atoms with E-state index in [1.165, 1.54) is 4.90 Å². The summed E-state index contributed by atoms with van der Waals surface area (Å²) in [6, 6.07) is 8.35. The lowest BCUT2D eigenvalue weighted by Gasteiger charge is -2.05. The molecule has 0 amide bonds. The van der Waals surface area contributed by atoms with E-state index in [0.717, 1.165) is 28.8 Å². The van der Waals surface area contributed by atoms with E-state index in [-0.39, 0.29) is 0 Å². The molecular weight excluding hydrogens is 278 g/mol. The van der Waals surface area contributed by atoms with Crippen molar-refractivity contribution in [3.8, 4) is 0 Å². The van der Waals surface area contributed by atoms with Gasteiger partial charge in [0, 0.05) is 34.4 Å². The molecule has 2 aromatic rings. The Labute approximate surface area is 123 Å². The molecular formula is C14H18ClN3S. The Kier molecular flexibility index (Phi) is 5.31. The van der Waals surface area contributed by atoms with Gasteiger partial charge in [0.15, 0.2) is 0 Å². The van der Waals surface area contributed by atoms with Crippen molar-refractivity contribution in [2.45, 2.75) is 37.1 Å². The summed E-state index contributed by atoms with van der Waals surface area (Å²) < 4.78 is 0. The van der Waals surface area contributed by atoms with Gasteiger partial charge in [-0.2, -0.15) is 0 Å². The quantitative estimate of drug-likeness (QED) is 0.795. The molecule has 0 bridgehead atoms. The van der Waals surface area contributed by atoms with Crippen LogP contribution < -0.4 is 5.32 Å². The van der Waals surface area contributed by atoms with Crippen LogP contribution in [0.5, 0.6) is 0 Å². The third kappa shape index (κ3) is 4.90. The SMILES string of the molecule is CC(C)NCc1cnc(CSc2ccc(Cl)cc2)[nH]1. The standard InChI is InChI=1S/C14H18ClN3S/c1-10(2)16-7-12-8-17-14(18-12)9-19-13-5-3-11(15)4-6-13/h3-6,8,10,16H,7,9H2,1-2H3,(H,17,18). The second-order valence-corrected chi connectivity index (χ2v) is 6.12. The molecule has 0 atom stereocenters. The summed E-state index contributed by atoms with van der Waals surface area (Å²) in [5.41, 5.74) is 1.13. The third-order valence-electron chi connectivity index (χ3n) is 2.57. The zero-order valence-electron chi connectivity index (χ0n) is 11.1. The molecule has 0 radical (unpaired) electrons. The van der Waals surface area contributed by atoms with Gasteiger partial charge in [-0.25, -0.2) is 4.98 Å². The summed E-state index contributed by atoms with van der Waals surface area (Å²) in [6.07, 6.45) is 1.90. The van der Waals surface area contributed by atoms with Crippen LogP contribution in [0.4, 0.5) is 0 Å². The Bertz CT molecular complexity index is 508. The lowest BCUT2D eigenvalue weighted by Crippen LogP contribution is -2.21. The molecule has 0 spiro atoms. The van der Waals surface area contributed by atoms with Crippen LogP contribution in [-0.2, 0) is 12.3 Å². The van der Waals surface area contributed by atoms with Crippen LogP contribution in [0.2, 0.25) is 5.02 Å². The van der Waals surface area contributed by atoms with E-state index < -0.39 is 0 Å². The first-order valence-electron chi connectivity index (χ1n) is 6.28. The van der Waals surface area contributed by atoms with Crippen molar-refractivity contribution in [3.05, 3.63) is 47.0 Å². The second-order valence-electron chi connectivity index (χ2n) is 4.63. The van der Waals surface area contributed by atoms with Crippen molar-refractivity contribution >= 4 is 23.4 Å². The van der Waals surface area contributed by atoms with Crippen molar-refractivity contribution in [2.75, 3.05) is 0 Å². The number of aromatic amines is 1. The number of aromatic nitrogens is 2. The van der Waals surface area contributed by atoms with Gasteiger partial charge in [0.25, 0.3) is 0 Å². The van der Waals surface area contributed by atoms with E-state index in [9.17, 15) is 0 Å². The van der Waals surface area contributed by atoms with Gasteiger partial charge in [0.1, 0.15) is 5.82 Å². The highest BCUT2D eigenvalue weighted by Crippen LogP contribution is 2.23. The number of thioether (sulfide) groups is 1. The van der Waals surface area contributed by atoms with E-state index in [0.29, 0.717) is 6.04 Å². The highest BCUT2D eigenvalue weighted by Gasteiger charge is 2.02. The van der Waals surface area contributed by atoms with Crippen molar-refractivity contribution in [2.24, 2.45) is 0 Å². The van der Waals surface area contributed by atoms with E-state index in [1.54, 1.807) is 11.8 Å². The van der Waals surface area contributed by atoms with E-state index in [1.807, 2.05) is 30.5 Å². The Morgan fingerprint density at radius 1 is 1.32 bits per heavy atom. The third-order valence-corrected chi connectivity index (χ3v) is 3.85. The molecule has 3 nitrogen and oxygen atoms in total. The lowest BCUT2D eigenvalue weighted by molar-refractivity contribution is 0.582. The van der Waals surface area contributed by atoms with Crippen molar-refractivity contribution < 1.29 is 0 Å². The summed E-state index contributed by atoms with van der Waals surface area (Å²) >= 11 is 7.60. The summed E-state index contributed by atoms with van der Waals surface area (Å²) in [4.78, 5) is 8.91. The number of halogens is 1. The van der Waals surface area contributed by atoms with Crippen LogP contribution in [0, 0.1) is 0 Å². The molecule has 1 aromatic heterocycles. The molecule has 0 saturated heterocycles. The number of imidazole rings is 1. The van der Waals surface area contributed by atoms with Crippen LogP contribution >= 0.6 is 23.4 Å². The zero-order chi connectivity index (χ0) is 13.7. The fraction of sp³-hybridized carbons (Fsp3) is 0.357. The molecule has 102 valence electrons. The number of hydrogen-bond acceptors (Lipinski definition) is 3. The topological polar surface area (TPSA) is 40.7 Å². The Morgan fingerprint density at radius 2 is 2.05 bits per heavy atom. The highest BCUT2D eigenvalue weighted by atomic mass is 35.5. The number of benzene rings is 1. The molecule has 5 heteroatoms. The normalized spacial score (nSPS) is 11.2. The van der Waals surface area contributed by atoms with Gasteiger partial charge in [-0.05, 0) is 24.3 Å². The Hall–Kier alpha value is -0.970. The predicted molar refractivity (Wildman–Crippen MR) is 81.6 cm³/mol. The maximum Gasteiger partial charge on any atom is 0.116 e. The van der Waals surface area contributed by atoms with Crippen LogP contribution in [0.3, 0.4) is 0 Å². The number of H-pyrrole nitrogens is 1. The van der Waals surface area contributed by atoms with Gasteiger partial charge < -0.3 is 10.3 Å². The average molecular weight is 296 g/mol. The van der Waals surface area contributed by atoms with Gasteiger partial charge in [-0.3, -0.25) is 0 Å². The first-order chi connectivity index (χ1) is 9.13. The van der Waals surface area contributed by atoms with Crippen LogP contribution in [0.1, 0.15) is 25.4 Å². The molecule has 1 aromatic carbocycles. The second kappa shape index (κ2) is 6.98. The molecule has 0 fully saturated rings. The van der Waals surface area contributed by atoms with Gasteiger partial charge in [-0.15, -0.1) is 11.8 Å². The fourth-order valence-corrected chi connectivity index (χ4v) is 2.47. The number of nitrogens with zero attached hydrogens (tertiary/aromatic N) is 1. The maximum absolute atomic E-state index is 5.86. The van der Waals surface area contributed by atoms with E-state index in [2.05, 4.69) is 29.1 Å². The monoisotopic (exact) mass is 295 g/mol. The zero-order valence-corrected chi connectivity index (χ0v) is 12.7. The molecule has 2 rings (SSSR count). The summed E-state index contributed by atoms with van der Waals surface area (Å²) in [5, 5.41) is 4.13. The van der Waals surface area contributed by atoms with Crippen molar-refractivity contribution in [1.29, 1.82) is 0 Å². The molecule has 0 saturated carbocycles.